The monoisotopic (exact) mass is 375 g/mol. The predicted octanol–water partition coefficient (Wildman–Crippen LogP) is 4.25. The lowest BCUT2D eigenvalue weighted by atomic mass is 10.2. The van der Waals surface area contributed by atoms with Gasteiger partial charge in [-0.05, 0) is 42.0 Å². The van der Waals surface area contributed by atoms with Crippen molar-refractivity contribution in [1.29, 1.82) is 0 Å². The Morgan fingerprint density at radius 3 is 2.56 bits per heavy atom. The summed E-state index contributed by atoms with van der Waals surface area (Å²) >= 11 is 6.46. The first-order valence-corrected chi connectivity index (χ1v) is 8.51. The third kappa shape index (κ3) is 3.52. The van der Waals surface area contributed by atoms with Crippen LogP contribution in [0.2, 0.25) is 0 Å². The summed E-state index contributed by atoms with van der Waals surface area (Å²) in [5.41, 5.74) is 1.19. The highest BCUT2D eigenvalue weighted by atomic mass is 32.2. The first kappa shape index (κ1) is 17.4. The van der Waals surface area contributed by atoms with E-state index < -0.39 is 5.82 Å². The summed E-state index contributed by atoms with van der Waals surface area (Å²) in [6.07, 6.45) is 1.72. The van der Waals surface area contributed by atoms with Crippen LogP contribution >= 0.6 is 24.0 Å². The molecule has 0 aliphatic carbocycles. The van der Waals surface area contributed by atoms with Crippen LogP contribution < -0.4 is 14.4 Å². The van der Waals surface area contributed by atoms with E-state index in [0.29, 0.717) is 26.4 Å². The Kier molecular flexibility index (Phi) is 5.06. The van der Waals surface area contributed by atoms with Gasteiger partial charge >= 0.3 is 0 Å². The number of thiocarbonyl (C=S) groups is 1. The van der Waals surface area contributed by atoms with Crippen molar-refractivity contribution in [3.63, 3.8) is 0 Å². The molecular formula is C18H14FNO3S2. The van der Waals surface area contributed by atoms with Crippen LogP contribution in [0, 0.1) is 5.82 Å². The number of nitrogens with zero attached hydrogens (tertiary/aromatic N) is 1. The maximum Gasteiger partial charge on any atom is 0.270 e. The molecule has 3 rings (SSSR count). The minimum atomic E-state index is -0.421. The van der Waals surface area contributed by atoms with Gasteiger partial charge in [-0.25, -0.2) is 4.39 Å². The number of carbonyl (C=O) groups excluding carboxylic acids is 1. The fourth-order valence-electron chi connectivity index (χ4n) is 2.40. The summed E-state index contributed by atoms with van der Waals surface area (Å²) in [4.78, 5) is 14.5. The van der Waals surface area contributed by atoms with E-state index in [1.807, 2.05) is 6.07 Å². The van der Waals surface area contributed by atoms with Gasteiger partial charge in [0.25, 0.3) is 5.91 Å². The van der Waals surface area contributed by atoms with E-state index >= 15 is 0 Å². The minimum Gasteiger partial charge on any atom is -0.493 e. The number of thioether (sulfide) groups is 1. The Morgan fingerprint density at radius 2 is 1.88 bits per heavy atom. The van der Waals surface area contributed by atoms with Crippen LogP contribution in [-0.2, 0) is 4.79 Å². The lowest BCUT2D eigenvalue weighted by Crippen LogP contribution is -2.27. The third-order valence-electron chi connectivity index (χ3n) is 3.57. The van der Waals surface area contributed by atoms with E-state index in [9.17, 15) is 9.18 Å². The zero-order valence-corrected chi connectivity index (χ0v) is 15.1. The number of rotatable bonds is 4. The van der Waals surface area contributed by atoms with Crippen molar-refractivity contribution >= 4 is 46.0 Å². The fourth-order valence-corrected chi connectivity index (χ4v) is 3.70. The number of anilines is 1. The average molecular weight is 375 g/mol. The normalized spacial score (nSPS) is 15.8. The van der Waals surface area contributed by atoms with Gasteiger partial charge in [-0.3, -0.25) is 9.69 Å². The number of amides is 1. The molecule has 0 spiro atoms. The highest BCUT2D eigenvalue weighted by Crippen LogP contribution is 2.37. The van der Waals surface area contributed by atoms with E-state index in [-0.39, 0.29) is 5.91 Å². The van der Waals surface area contributed by atoms with Gasteiger partial charge in [0.05, 0.1) is 24.8 Å². The van der Waals surface area contributed by atoms with Gasteiger partial charge in [-0.1, -0.05) is 36.1 Å². The van der Waals surface area contributed by atoms with E-state index in [4.69, 9.17) is 21.7 Å². The Labute approximate surface area is 154 Å². The summed E-state index contributed by atoms with van der Waals surface area (Å²) in [6, 6.07) is 11.1. The van der Waals surface area contributed by atoms with Crippen molar-refractivity contribution in [1.82, 2.24) is 0 Å². The Balaban J connectivity index is 1.93. The number of hydrogen-bond donors (Lipinski definition) is 0. The standard InChI is InChI=1S/C18H14FNO3S2/c1-22-14-7-6-11(8-15(14)23-2)9-16-17(21)20(18(24)25-16)13-5-3-4-12(19)10-13/h3-10H,1-2H3. The van der Waals surface area contributed by atoms with Crippen molar-refractivity contribution in [2.75, 3.05) is 19.1 Å². The van der Waals surface area contributed by atoms with Gasteiger partial charge in [0.1, 0.15) is 5.82 Å². The Bertz CT molecular complexity index is 882. The van der Waals surface area contributed by atoms with Gasteiger partial charge in [-0.15, -0.1) is 0 Å². The summed E-state index contributed by atoms with van der Waals surface area (Å²) in [5, 5.41) is 0. The molecule has 0 unspecified atom stereocenters. The molecule has 0 bridgehead atoms. The Morgan fingerprint density at radius 1 is 1.12 bits per heavy atom. The maximum absolute atomic E-state index is 13.4. The number of ether oxygens (including phenoxy) is 2. The van der Waals surface area contributed by atoms with Gasteiger partial charge < -0.3 is 9.47 Å². The summed E-state index contributed by atoms with van der Waals surface area (Å²) in [7, 11) is 3.10. The molecule has 4 nitrogen and oxygen atoms in total. The molecule has 1 fully saturated rings. The van der Waals surface area contributed by atoms with Crippen LogP contribution in [0.5, 0.6) is 11.5 Å². The fraction of sp³-hybridized carbons (Fsp3) is 0.111. The SMILES string of the molecule is COc1ccc(C=C2SC(=S)N(c3cccc(F)c3)C2=O)cc1OC. The third-order valence-corrected chi connectivity index (χ3v) is 4.87. The van der Waals surface area contributed by atoms with E-state index in [2.05, 4.69) is 0 Å². The number of carbonyl (C=O) groups is 1. The second-order valence-corrected chi connectivity index (χ2v) is 6.79. The molecule has 128 valence electrons. The van der Waals surface area contributed by atoms with Gasteiger partial charge in [0.2, 0.25) is 0 Å². The molecule has 0 N–H and O–H groups in total. The number of benzene rings is 2. The van der Waals surface area contributed by atoms with Crippen LogP contribution in [0.4, 0.5) is 10.1 Å². The minimum absolute atomic E-state index is 0.282. The largest absolute Gasteiger partial charge is 0.493 e. The lowest BCUT2D eigenvalue weighted by molar-refractivity contribution is -0.113. The summed E-state index contributed by atoms with van der Waals surface area (Å²) < 4.78 is 24.3. The molecule has 2 aromatic rings. The van der Waals surface area contributed by atoms with Crippen molar-refractivity contribution in [2.45, 2.75) is 0 Å². The highest BCUT2D eigenvalue weighted by molar-refractivity contribution is 8.27. The van der Waals surface area contributed by atoms with Crippen LogP contribution in [0.1, 0.15) is 5.56 Å². The number of halogens is 1. The van der Waals surface area contributed by atoms with Crippen LogP contribution in [0.15, 0.2) is 47.4 Å². The van der Waals surface area contributed by atoms with Crippen LogP contribution in [0.25, 0.3) is 6.08 Å². The van der Waals surface area contributed by atoms with Crippen molar-refractivity contribution < 1.29 is 18.7 Å². The van der Waals surface area contributed by atoms with Gasteiger partial charge in [0.15, 0.2) is 15.8 Å². The second kappa shape index (κ2) is 7.25. The van der Waals surface area contributed by atoms with Crippen molar-refractivity contribution in [3.8, 4) is 11.5 Å². The summed E-state index contributed by atoms with van der Waals surface area (Å²) in [5.74, 6) is 0.467. The molecule has 1 aliphatic rings. The average Bonchev–Trinajstić information content (AvgIpc) is 2.88. The maximum atomic E-state index is 13.4. The van der Waals surface area contributed by atoms with Crippen LogP contribution in [-0.4, -0.2) is 24.4 Å². The summed E-state index contributed by atoms with van der Waals surface area (Å²) in [6.45, 7) is 0. The molecule has 0 aromatic heterocycles. The molecule has 1 saturated heterocycles. The smallest absolute Gasteiger partial charge is 0.270 e. The molecule has 1 aliphatic heterocycles. The van der Waals surface area contributed by atoms with Gasteiger partial charge in [0, 0.05) is 0 Å². The van der Waals surface area contributed by atoms with E-state index in [1.54, 1.807) is 44.6 Å². The quantitative estimate of drug-likeness (QED) is 0.590. The lowest BCUT2D eigenvalue weighted by Gasteiger charge is -2.14. The molecule has 2 aromatic carbocycles. The zero-order chi connectivity index (χ0) is 18.0. The van der Waals surface area contributed by atoms with Gasteiger partial charge in [-0.2, -0.15) is 0 Å². The highest BCUT2D eigenvalue weighted by Gasteiger charge is 2.33. The molecule has 0 radical (unpaired) electrons. The molecule has 25 heavy (non-hydrogen) atoms. The molecular weight excluding hydrogens is 361 g/mol. The molecule has 1 amide bonds. The topological polar surface area (TPSA) is 38.8 Å². The number of hydrogen-bond acceptors (Lipinski definition) is 5. The second-order valence-electron chi connectivity index (χ2n) is 5.11. The first-order chi connectivity index (χ1) is 12.0. The molecule has 1 heterocycles. The van der Waals surface area contributed by atoms with E-state index in [0.717, 1.165) is 5.56 Å². The zero-order valence-electron chi connectivity index (χ0n) is 13.5. The first-order valence-electron chi connectivity index (χ1n) is 7.29. The predicted molar refractivity (Wildman–Crippen MR) is 102 cm³/mol. The van der Waals surface area contributed by atoms with E-state index in [1.165, 1.54) is 28.8 Å². The molecule has 7 heteroatoms. The van der Waals surface area contributed by atoms with Crippen LogP contribution in [0.3, 0.4) is 0 Å². The van der Waals surface area contributed by atoms with Crippen molar-refractivity contribution in [2.24, 2.45) is 0 Å². The molecule has 0 atom stereocenters. The molecule has 0 saturated carbocycles. The van der Waals surface area contributed by atoms with Crippen molar-refractivity contribution in [3.05, 3.63) is 58.8 Å². The Hall–Kier alpha value is -2.38. The number of methoxy groups -OCH3 is 2.